The Balaban J connectivity index is 2.05. The van der Waals surface area contributed by atoms with Gasteiger partial charge in [0.25, 0.3) is 5.91 Å². The van der Waals surface area contributed by atoms with Gasteiger partial charge in [-0.05, 0) is 49.1 Å². The fourth-order valence-corrected chi connectivity index (χ4v) is 2.63. The average molecular weight is 341 g/mol. The number of nitrogens with one attached hydrogen (secondary N) is 1. The quantitative estimate of drug-likeness (QED) is 0.776. The molecule has 2 aromatic rings. The van der Waals surface area contributed by atoms with E-state index >= 15 is 0 Å². The first-order chi connectivity index (χ1) is 12.0. The van der Waals surface area contributed by atoms with E-state index in [0.717, 1.165) is 17.7 Å². The van der Waals surface area contributed by atoms with Gasteiger partial charge in [-0.15, -0.1) is 0 Å². The highest BCUT2D eigenvalue weighted by Gasteiger charge is 2.21. The molecule has 2 rings (SSSR count). The van der Waals surface area contributed by atoms with Gasteiger partial charge in [-0.25, -0.2) is 0 Å². The second kappa shape index (κ2) is 9.11. The van der Waals surface area contributed by atoms with Crippen LogP contribution in [-0.4, -0.2) is 19.1 Å². The Morgan fingerprint density at radius 3 is 2.16 bits per heavy atom. The molecule has 0 saturated carbocycles. The molecule has 2 atom stereocenters. The molecule has 0 aliphatic rings. The Morgan fingerprint density at radius 1 is 0.960 bits per heavy atom. The summed E-state index contributed by atoms with van der Waals surface area (Å²) in [7, 11) is 1.64. The minimum atomic E-state index is -0.560. The highest BCUT2D eigenvalue weighted by atomic mass is 16.5. The number of carbonyl (C=O) groups is 1. The van der Waals surface area contributed by atoms with E-state index < -0.39 is 6.10 Å². The maximum absolute atomic E-state index is 12.6. The van der Waals surface area contributed by atoms with Gasteiger partial charge in [0, 0.05) is 0 Å². The van der Waals surface area contributed by atoms with E-state index in [0.29, 0.717) is 11.7 Å². The van der Waals surface area contributed by atoms with E-state index in [4.69, 9.17) is 9.47 Å². The van der Waals surface area contributed by atoms with Crippen molar-refractivity contribution in [2.24, 2.45) is 5.92 Å². The number of hydrogen-bond donors (Lipinski definition) is 1. The van der Waals surface area contributed by atoms with Gasteiger partial charge >= 0.3 is 0 Å². The number of rotatable bonds is 8. The molecule has 0 bridgehead atoms. The SMILES string of the molecule is COc1ccc([C@H](CC(C)C)NC(=O)[C@@H](C)Oc2ccccc2)cc1. The Hall–Kier alpha value is -2.49. The van der Waals surface area contributed by atoms with Crippen LogP contribution in [0.5, 0.6) is 11.5 Å². The van der Waals surface area contributed by atoms with Crippen LogP contribution in [-0.2, 0) is 4.79 Å². The third-order valence-corrected chi connectivity index (χ3v) is 3.97. The first kappa shape index (κ1) is 18.8. The highest BCUT2D eigenvalue weighted by Crippen LogP contribution is 2.24. The largest absolute Gasteiger partial charge is 0.497 e. The van der Waals surface area contributed by atoms with Gasteiger partial charge in [0.05, 0.1) is 13.2 Å². The smallest absolute Gasteiger partial charge is 0.261 e. The molecule has 0 heterocycles. The van der Waals surface area contributed by atoms with Gasteiger partial charge in [-0.2, -0.15) is 0 Å². The summed E-state index contributed by atoms with van der Waals surface area (Å²) in [4.78, 5) is 12.6. The van der Waals surface area contributed by atoms with Crippen LogP contribution in [0.2, 0.25) is 0 Å². The summed E-state index contributed by atoms with van der Waals surface area (Å²) >= 11 is 0. The molecule has 0 unspecified atom stereocenters. The lowest BCUT2D eigenvalue weighted by Crippen LogP contribution is -2.39. The van der Waals surface area contributed by atoms with Crippen LogP contribution >= 0.6 is 0 Å². The number of benzene rings is 2. The maximum Gasteiger partial charge on any atom is 0.261 e. The number of carbonyl (C=O) groups excluding carboxylic acids is 1. The second-order valence-electron chi connectivity index (χ2n) is 6.54. The average Bonchev–Trinajstić information content (AvgIpc) is 2.61. The number of amides is 1. The van der Waals surface area contributed by atoms with Crippen LogP contribution in [0.3, 0.4) is 0 Å². The molecule has 0 aliphatic heterocycles. The van der Waals surface area contributed by atoms with E-state index in [2.05, 4.69) is 19.2 Å². The predicted molar refractivity (Wildman–Crippen MR) is 99.9 cm³/mol. The summed E-state index contributed by atoms with van der Waals surface area (Å²) in [5.74, 6) is 1.83. The minimum absolute atomic E-state index is 0.0553. The van der Waals surface area contributed by atoms with Crippen molar-refractivity contribution < 1.29 is 14.3 Å². The molecule has 4 nitrogen and oxygen atoms in total. The molecule has 0 aromatic heterocycles. The lowest BCUT2D eigenvalue weighted by molar-refractivity contribution is -0.128. The fraction of sp³-hybridized carbons (Fsp3) is 0.381. The highest BCUT2D eigenvalue weighted by molar-refractivity contribution is 5.81. The second-order valence-corrected chi connectivity index (χ2v) is 6.54. The Labute approximate surface area is 150 Å². The minimum Gasteiger partial charge on any atom is -0.497 e. The zero-order chi connectivity index (χ0) is 18.2. The fourth-order valence-electron chi connectivity index (χ4n) is 2.63. The molecular weight excluding hydrogens is 314 g/mol. The number of methoxy groups -OCH3 is 1. The molecular formula is C21H27NO3. The van der Waals surface area contributed by atoms with Gasteiger partial charge in [-0.3, -0.25) is 4.79 Å². The Morgan fingerprint density at radius 2 is 1.60 bits per heavy atom. The summed E-state index contributed by atoms with van der Waals surface area (Å²) in [6.07, 6.45) is 0.297. The molecule has 1 N–H and O–H groups in total. The van der Waals surface area contributed by atoms with E-state index in [9.17, 15) is 4.79 Å². The van der Waals surface area contributed by atoms with E-state index in [1.165, 1.54) is 0 Å². The lowest BCUT2D eigenvalue weighted by atomic mass is 9.96. The van der Waals surface area contributed by atoms with Crippen molar-refractivity contribution in [1.82, 2.24) is 5.32 Å². The molecule has 0 radical (unpaired) electrons. The van der Waals surface area contributed by atoms with Crippen molar-refractivity contribution in [3.05, 3.63) is 60.2 Å². The Bertz CT molecular complexity index is 653. The molecule has 134 valence electrons. The normalized spacial score (nSPS) is 13.2. The molecule has 0 spiro atoms. The lowest BCUT2D eigenvalue weighted by Gasteiger charge is -2.23. The van der Waals surface area contributed by atoms with E-state index in [1.54, 1.807) is 14.0 Å². The van der Waals surface area contributed by atoms with Gasteiger partial charge in [0.1, 0.15) is 11.5 Å². The first-order valence-electron chi connectivity index (χ1n) is 8.65. The zero-order valence-corrected chi connectivity index (χ0v) is 15.4. The molecule has 0 fully saturated rings. The van der Waals surface area contributed by atoms with Crippen molar-refractivity contribution in [3.63, 3.8) is 0 Å². The van der Waals surface area contributed by atoms with Crippen molar-refractivity contribution in [3.8, 4) is 11.5 Å². The zero-order valence-electron chi connectivity index (χ0n) is 15.4. The van der Waals surface area contributed by atoms with Crippen molar-refractivity contribution in [2.75, 3.05) is 7.11 Å². The summed E-state index contributed by atoms with van der Waals surface area (Å²) in [5, 5.41) is 3.12. The van der Waals surface area contributed by atoms with Crippen molar-refractivity contribution in [1.29, 1.82) is 0 Å². The summed E-state index contributed by atoms with van der Waals surface area (Å²) in [5.41, 5.74) is 1.06. The van der Waals surface area contributed by atoms with Crippen molar-refractivity contribution in [2.45, 2.75) is 39.3 Å². The van der Waals surface area contributed by atoms with E-state index in [-0.39, 0.29) is 11.9 Å². The number of para-hydroxylation sites is 1. The van der Waals surface area contributed by atoms with Crippen molar-refractivity contribution >= 4 is 5.91 Å². The standard InChI is InChI=1S/C21H27NO3/c1-15(2)14-20(17-10-12-18(24-4)13-11-17)22-21(23)16(3)25-19-8-6-5-7-9-19/h5-13,15-16,20H,14H2,1-4H3,(H,22,23)/t16-,20+/m1/s1. The first-order valence-corrected chi connectivity index (χ1v) is 8.65. The van der Waals surface area contributed by atoms with Crippen LogP contribution in [0.15, 0.2) is 54.6 Å². The summed E-state index contributed by atoms with van der Waals surface area (Å²) in [6, 6.07) is 17.1. The van der Waals surface area contributed by atoms with Crippen LogP contribution in [0.4, 0.5) is 0 Å². The predicted octanol–water partition coefficient (Wildman–Crippen LogP) is 4.37. The third kappa shape index (κ3) is 5.82. The molecule has 1 amide bonds. The molecule has 0 saturated heterocycles. The number of hydrogen-bond acceptors (Lipinski definition) is 3. The monoisotopic (exact) mass is 341 g/mol. The van der Waals surface area contributed by atoms with Crippen LogP contribution in [0, 0.1) is 5.92 Å². The molecule has 2 aromatic carbocycles. The Kier molecular flexibility index (Phi) is 6.87. The topological polar surface area (TPSA) is 47.6 Å². The van der Waals surface area contributed by atoms with Gasteiger partial charge in [0.2, 0.25) is 0 Å². The van der Waals surface area contributed by atoms with Crippen LogP contribution in [0.1, 0.15) is 38.8 Å². The summed E-state index contributed by atoms with van der Waals surface area (Å²) in [6.45, 7) is 6.06. The summed E-state index contributed by atoms with van der Waals surface area (Å²) < 4.78 is 10.9. The molecule has 25 heavy (non-hydrogen) atoms. The van der Waals surface area contributed by atoms with Gasteiger partial charge < -0.3 is 14.8 Å². The van der Waals surface area contributed by atoms with Crippen LogP contribution in [0.25, 0.3) is 0 Å². The molecule has 0 aliphatic carbocycles. The van der Waals surface area contributed by atoms with Crippen LogP contribution < -0.4 is 14.8 Å². The van der Waals surface area contributed by atoms with Gasteiger partial charge in [-0.1, -0.05) is 44.2 Å². The van der Waals surface area contributed by atoms with E-state index in [1.807, 2.05) is 54.6 Å². The molecule has 4 heteroatoms. The number of ether oxygens (including phenoxy) is 2. The maximum atomic E-state index is 12.6. The third-order valence-electron chi connectivity index (χ3n) is 3.97. The van der Waals surface area contributed by atoms with Gasteiger partial charge in [0.15, 0.2) is 6.10 Å².